The van der Waals surface area contributed by atoms with Crippen LogP contribution in [-0.2, 0) is 10.8 Å². The van der Waals surface area contributed by atoms with Gasteiger partial charge in [-0.15, -0.1) is 0 Å². The van der Waals surface area contributed by atoms with Gasteiger partial charge < -0.3 is 9.32 Å². The summed E-state index contributed by atoms with van der Waals surface area (Å²) < 4.78 is 6.81. The van der Waals surface area contributed by atoms with Crippen LogP contribution in [-0.4, -0.2) is 0 Å². The number of hydrogen-bond donors (Lipinski definition) is 0. The van der Waals surface area contributed by atoms with Crippen molar-refractivity contribution in [3.8, 4) is 44.5 Å². The van der Waals surface area contributed by atoms with Crippen LogP contribution in [0.4, 0.5) is 17.1 Å². The second-order valence-corrected chi connectivity index (χ2v) is 20.9. The first-order valence-corrected chi connectivity index (χ1v) is 27.0. The van der Waals surface area contributed by atoms with E-state index in [-0.39, 0.29) is 5.92 Å². The summed E-state index contributed by atoms with van der Waals surface area (Å²) in [7, 11) is 0. The smallest absolute Gasteiger partial charge is 0.137 e. The number of para-hydroxylation sites is 1. The number of furan rings is 1. The standard InChI is InChI=1S/C75H53NO/c1-3-4-6-36-58(51-29-10-9-26-49(51)2)74(59-37-17-11-30-52(59)50-27-7-5-8-28-50)62-40-20-14-33-55(62)71-64(74)42-23-44-66(71)76(68-46-25-48-70-73(68)57-35-16-22-47-69(57)77-70)67-45-24-43-65-72(67)56-34-15-21-41-63(56)75(65)60-38-18-12-31-53(60)54-32-13-19-39-61(54)75/h3-49H,1-2H3/b4-3-,36-6-,58-51-. The van der Waals surface area contributed by atoms with Gasteiger partial charge in [-0.1, -0.05) is 256 Å². The Kier molecular flexibility index (Phi) is 10.2. The molecule has 10 aromatic carbocycles. The molecule has 0 saturated carbocycles. The van der Waals surface area contributed by atoms with Gasteiger partial charge in [0.1, 0.15) is 11.2 Å². The average Bonchev–Trinajstić information content (AvgIpc) is 4.26. The number of fused-ring (bicyclic) bond motifs is 16. The Labute approximate surface area is 450 Å². The number of hydrogen-bond acceptors (Lipinski definition) is 2. The fraction of sp³-hybridized carbons (Fsp3) is 0.0667. The quantitative estimate of drug-likeness (QED) is 0.141. The molecule has 2 heteroatoms. The number of anilines is 3. The molecule has 0 N–H and O–H groups in total. The van der Waals surface area contributed by atoms with Crippen molar-refractivity contribution in [3.05, 3.63) is 329 Å². The first kappa shape index (κ1) is 44.9. The molecule has 1 aromatic heterocycles. The lowest BCUT2D eigenvalue weighted by Crippen LogP contribution is -2.31. The molecule has 2 nitrogen and oxygen atoms in total. The molecule has 4 aliphatic rings. The molecule has 1 spiro atoms. The van der Waals surface area contributed by atoms with Crippen LogP contribution in [0.2, 0.25) is 0 Å². The molecule has 0 radical (unpaired) electrons. The van der Waals surface area contributed by atoms with Crippen molar-refractivity contribution in [3.63, 3.8) is 0 Å². The fourth-order valence-corrected chi connectivity index (χ4v) is 14.2. The minimum Gasteiger partial charge on any atom is -0.456 e. The topological polar surface area (TPSA) is 16.4 Å². The lowest BCUT2D eigenvalue weighted by atomic mass is 9.63. The van der Waals surface area contributed by atoms with Gasteiger partial charge in [0.05, 0.1) is 33.3 Å². The first-order chi connectivity index (χ1) is 38.1. The van der Waals surface area contributed by atoms with Crippen LogP contribution in [0.1, 0.15) is 52.8 Å². The number of rotatable bonds is 8. The summed E-state index contributed by atoms with van der Waals surface area (Å²) in [6.07, 6.45) is 18.1. The maximum atomic E-state index is 6.81. The third kappa shape index (κ3) is 6.24. The highest BCUT2D eigenvalue weighted by Gasteiger charge is 2.54. The fourth-order valence-electron chi connectivity index (χ4n) is 14.2. The molecule has 2 unspecified atom stereocenters. The summed E-state index contributed by atoms with van der Waals surface area (Å²) in [6, 6.07) is 86.1. The van der Waals surface area contributed by atoms with Gasteiger partial charge in [0, 0.05) is 16.5 Å². The van der Waals surface area contributed by atoms with E-state index in [1.165, 1.54) is 94.6 Å². The highest BCUT2D eigenvalue weighted by Crippen LogP contribution is 2.67. The van der Waals surface area contributed by atoms with Crippen molar-refractivity contribution < 1.29 is 4.42 Å². The van der Waals surface area contributed by atoms with E-state index < -0.39 is 10.8 Å². The van der Waals surface area contributed by atoms with E-state index in [9.17, 15) is 0 Å². The zero-order valence-electron chi connectivity index (χ0n) is 43.0. The maximum Gasteiger partial charge on any atom is 0.137 e. The average molecular weight is 984 g/mol. The third-order valence-corrected chi connectivity index (χ3v) is 17.1. The Morgan fingerprint density at radius 1 is 0.442 bits per heavy atom. The van der Waals surface area contributed by atoms with Gasteiger partial charge >= 0.3 is 0 Å². The predicted octanol–water partition coefficient (Wildman–Crippen LogP) is 19.6. The molecular formula is C75H53NO. The Morgan fingerprint density at radius 2 is 0.948 bits per heavy atom. The van der Waals surface area contributed by atoms with Gasteiger partial charge in [-0.2, -0.15) is 0 Å². The molecule has 15 rings (SSSR count). The van der Waals surface area contributed by atoms with Crippen molar-refractivity contribution in [2.75, 3.05) is 4.90 Å². The van der Waals surface area contributed by atoms with Crippen LogP contribution in [0.15, 0.2) is 295 Å². The van der Waals surface area contributed by atoms with Crippen LogP contribution in [0.25, 0.3) is 66.4 Å². The van der Waals surface area contributed by atoms with Gasteiger partial charge in [-0.3, -0.25) is 0 Å². The molecule has 2 atom stereocenters. The molecule has 11 aromatic rings. The van der Waals surface area contributed by atoms with Crippen LogP contribution in [0.5, 0.6) is 0 Å². The lowest BCUT2D eigenvalue weighted by Gasteiger charge is -2.39. The van der Waals surface area contributed by atoms with Crippen molar-refractivity contribution >= 4 is 39.0 Å². The van der Waals surface area contributed by atoms with E-state index in [4.69, 9.17) is 4.42 Å². The Hall–Kier alpha value is -9.50. The summed E-state index contributed by atoms with van der Waals surface area (Å²) in [5.74, 6) is 0.152. The summed E-state index contributed by atoms with van der Waals surface area (Å²) in [4.78, 5) is 2.61. The molecule has 1 heterocycles. The van der Waals surface area contributed by atoms with Gasteiger partial charge in [-0.05, 0) is 127 Å². The van der Waals surface area contributed by atoms with Crippen molar-refractivity contribution in [2.45, 2.75) is 24.7 Å². The Balaban J connectivity index is 1.11. The van der Waals surface area contributed by atoms with Crippen molar-refractivity contribution in [1.82, 2.24) is 0 Å². The normalized spacial score (nSPS) is 17.7. The van der Waals surface area contributed by atoms with Gasteiger partial charge in [-0.25, -0.2) is 0 Å². The summed E-state index contributed by atoms with van der Waals surface area (Å²) in [5, 5.41) is 2.16. The van der Waals surface area contributed by atoms with E-state index in [1.807, 2.05) is 0 Å². The summed E-state index contributed by atoms with van der Waals surface area (Å²) in [5.41, 5.74) is 25.0. The molecule has 0 fully saturated rings. The molecule has 0 amide bonds. The summed E-state index contributed by atoms with van der Waals surface area (Å²) in [6.45, 7) is 4.44. The van der Waals surface area contributed by atoms with Crippen LogP contribution in [0, 0.1) is 5.92 Å². The van der Waals surface area contributed by atoms with E-state index in [2.05, 4.69) is 298 Å². The number of benzene rings is 10. The van der Waals surface area contributed by atoms with Crippen LogP contribution in [0.3, 0.4) is 0 Å². The van der Waals surface area contributed by atoms with Crippen molar-refractivity contribution in [1.29, 1.82) is 0 Å². The van der Waals surface area contributed by atoms with Crippen LogP contribution < -0.4 is 4.90 Å². The monoisotopic (exact) mass is 983 g/mol. The molecule has 0 aliphatic heterocycles. The van der Waals surface area contributed by atoms with Crippen molar-refractivity contribution in [2.24, 2.45) is 5.92 Å². The second kappa shape index (κ2) is 17.6. The third-order valence-electron chi connectivity index (χ3n) is 17.1. The van der Waals surface area contributed by atoms with Gasteiger partial charge in [0.2, 0.25) is 0 Å². The lowest BCUT2D eigenvalue weighted by molar-refractivity contribution is 0.669. The minimum absolute atomic E-state index is 0.152. The Bertz CT molecular complexity index is 4340. The predicted molar refractivity (Wildman–Crippen MR) is 320 cm³/mol. The maximum absolute atomic E-state index is 6.81. The molecule has 77 heavy (non-hydrogen) atoms. The van der Waals surface area contributed by atoms with E-state index in [0.29, 0.717) is 0 Å². The van der Waals surface area contributed by atoms with Gasteiger partial charge in [0.15, 0.2) is 0 Å². The molecule has 364 valence electrons. The molecule has 0 bridgehead atoms. The molecular weight excluding hydrogens is 931 g/mol. The number of allylic oxidation sites excluding steroid dienone is 10. The van der Waals surface area contributed by atoms with E-state index in [0.717, 1.165) is 39.0 Å². The Morgan fingerprint density at radius 3 is 1.64 bits per heavy atom. The second-order valence-electron chi connectivity index (χ2n) is 20.9. The summed E-state index contributed by atoms with van der Waals surface area (Å²) >= 11 is 0. The molecule has 0 saturated heterocycles. The zero-order chi connectivity index (χ0) is 51.2. The number of nitrogens with zero attached hydrogens (tertiary/aromatic N) is 1. The SMILES string of the molecule is C\C=C/C=C\C(=C1/C=CC=CC1C)C1(c2ccccc2-c2ccccc2)c2ccccc2-c2c(N(c3cccc4c3-c3ccccc3C43c4ccccc4-c4ccccc43)c3cccc4oc5ccccc5c34)cccc21. The van der Waals surface area contributed by atoms with Crippen LogP contribution >= 0.6 is 0 Å². The largest absolute Gasteiger partial charge is 0.456 e. The highest BCUT2D eigenvalue weighted by molar-refractivity contribution is 6.15. The molecule has 4 aliphatic carbocycles. The minimum atomic E-state index is -0.780. The highest BCUT2D eigenvalue weighted by atomic mass is 16.3. The van der Waals surface area contributed by atoms with E-state index >= 15 is 0 Å². The first-order valence-electron chi connectivity index (χ1n) is 27.0. The van der Waals surface area contributed by atoms with E-state index in [1.54, 1.807) is 0 Å². The van der Waals surface area contributed by atoms with Gasteiger partial charge in [0.25, 0.3) is 0 Å². The zero-order valence-corrected chi connectivity index (χ0v) is 43.0.